The van der Waals surface area contributed by atoms with E-state index in [2.05, 4.69) is 28.1 Å². The molecule has 1 heterocycles. The van der Waals surface area contributed by atoms with Gasteiger partial charge in [-0.05, 0) is 48.4 Å². The molecule has 128 valence electrons. The van der Waals surface area contributed by atoms with Gasteiger partial charge < -0.3 is 14.7 Å². The van der Waals surface area contributed by atoms with E-state index in [9.17, 15) is 5.21 Å². The third-order valence-electron chi connectivity index (χ3n) is 3.70. The summed E-state index contributed by atoms with van der Waals surface area (Å²) in [5.74, 6) is 1.03. The van der Waals surface area contributed by atoms with E-state index in [1.54, 1.807) is 6.07 Å². The van der Waals surface area contributed by atoms with E-state index < -0.39 is 0 Å². The van der Waals surface area contributed by atoms with Crippen molar-refractivity contribution in [1.82, 2.24) is 0 Å². The first-order valence-corrected chi connectivity index (χ1v) is 8.79. The molecule has 3 aromatic rings. The van der Waals surface area contributed by atoms with Crippen molar-refractivity contribution in [2.24, 2.45) is 0 Å². The van der Waals surface area contributed by atoms with E-state index >= 15 is 0 Å². The predicted octanol–water partition coefficient (Wildman–Crippen LogP) is 4.73. The van der Waals surface area contributed by atoms with Gasteiger partial charge in [0.15, 0.2) is 6.20 Å². The van der Waals surface area contributed by atoms with Crippen molar-refractivity contribution < 1.29 is 14.2 Å². The normalized spacial score (nSPS) is 10.5. The number of halogens is 1. The maximum absolute atomic E-state index is 11.8. The largest absolute Gasteiger partial charge is 0.616 e. The van der Waals surface area contributed by atoms with Gasteiger partial charge in [0.2, 0.25) is 0 Å². The number of pyridine rings is 1. The third kappa shape index (κ3) is 4.31. The molecule has 0 unspecified atom stereocenters. The highest BCUT2D eigenvalue weighted by Crippen LogP contribution is 2.25. The van der Waals surface area contributed by atoms with Crippen LogP contribution in [0.25, 0.3) is 11.1 Å². The van der Waals surface area contributed by atoms with Crippen LogP contribution in [0.15, 0.2) is 71.3 Å². The number of hydrogen-bond donors (Lipinski definition) is 0. The van der Waals surface area contributed by atoms with Crippen LogP contribution in [-0.2, 0) is 6.61 Å². The minimum Gasteiger partial charge on any atom is -0.616 e. The fraction of sp³-hybridized carbons (Fsp3) is 0.150. The van der Waals surface area contributed by atoms with Gasteiger partial charge in [-0.3, -0.25) is 0 Å². The van der Waals surface area contributed by atoms with Crippen LogP contribution in [0, 0.1) is 5.21 Å². The fourth-order valence-electron chi connectivity index (χ4n) is 2.47. The number of rotatable bonds is 6. The summed E-state index contributed by atoms with van der Waals surface area (Å²) in [6, 6.07) is 19.5. The molecule has 0 saturated heterocycles. The lowest BCUT2D eigenvalue weighted by Gasteiger charge is -2.11. The van der Waals surface area contributed by atoms with Crippen molar-refractivity contribution >= 4 is 15.9 Å². The number of nitrogens with zero attached hydrogens (tertiary/aromatic N) is 1. The summed E-state index contributed by atoms with van der Waals surface area (Å²) in [7, 11) is 0. The zero-order valence-electron chi connectivity index (χ0n) is 13.8. The Morgan fingerprint density at radius 2 is 1.56 bits per heavy atom. The van der Waals surface area contributed by atoms with Gasteiger partial charge in [-0.1, -0.05) is 40.2 Å². The molecule has 3 rings (SSSR count). The summed E-state index contributed by atoms with van der Waals surface area (Å²) in [6.07, 6.45) is 1.42. The molecular formula is C20H18BrNO3. The number of ether oxygens (including phenoxy) is 2. The minimum atomic E-state index is 0.274. The zero-order valence-corrected chi connectivity index (χ0v) is 15.4. The standard InChI is InChI=1S/C20H18BrNO3/c1-2-24-20-17(4-3-13-22(20)23)14-25-19-11-7-16(8-12-19)15-5-9-18(21)10-6-15/h3-13H,2,14H2,1H3. The van der Waals surface area contributed by atoms with Gasteiger partial charge in [-0.15, -0.1) is 4.73 Å². The molecule has 5 heteroatoms. The minimum absolute atomic E-state index is 0.274. The molecule has 0 radical (unpaired) electrons. The second kappa shape index (κ2) is 8.03. The van der Waals surface area contributed by atoms with Crippen molar-refractivity contribution in [1.29, 1.82) is 0 Å². The highest BCUT2D eigenvalue weighted by atomic mass is 79.9. The van der Waals surface area contributed by atoms with Crippen LogP contribution in [0.3, 0.4) is 0 Å². The van der Waals surface area contributed by atoms with Crippen LogP contribution in [-0.4, -0.2) is 6.61 Å². The molecule has 0 fully saturated rings. The highest BCUT2D eigenvalue weighted by Gasteiger charge is 2.14. The van der Waals surface area contributed by atoms with Crippen LogP contribution < -0.4 is 14.2 Å². The average molecular weight is 400 g/mol. The third-order valence-corrected chi connectivity index (χ3v) is 4.23. The molecule has 0 bridgehead atoms. The van der Waals surface area contributed by atoms with Crippen molar-refractivity contribution in [2.75, 3.05) is 6.61 Å². The maximum Gasteiger partial charge on any atom is 0.386 e. The monoisotopic (exact) mass is 399 g/mol. The van der Waals surface area contributed by atoms with E-state index in [0.717, 1.165) is 31.6 Å². The molecule has 0 saturated carbocycles. The lowest BCUT2D eigenvalue weighted by atomic mass is 10.1. The Labute approximate surface area is 155 Å². The summed E-state index contributed by atoms with van der Waals surface area (Å²) < 4.78 is 13.0. The summed E-state index contributed by atoms with van der Waals surface area (Å²) in [5, 5.41) is 11.8. The summed E-state index contributed by atoms with van der Waals surface area (Å²) in [5.41, 5.74) is 2.98. The van der Waals surface area contributed by atoms with Gasteiger partial charge in [-0.25, -0.2) is 0 Å². The second-order valence-electron chi connectivity index (χ2n) is 5.42. The van der Waals surface area contributed by atoms with Crippen molar-refractivity contribution in [3.05, 3.63) is 82.1 Å². The lowest BCUT2D eigenvalue weighted by molar-refractivity contribution is -0.613. The molecule has 0 aliphatic carbocycles. The van der Waals surface area contributed by atoms with Gasteiger partial charge in [0.1, 0.15) is 17.9 Å². The number of aromatic nitrogens is 1. The number of benzene rings is 2. The Balaban J connectivity index is 1.70. The zero-order chi connectivity index (χ0) is 17.6. The molecule has 1 aromatic heterocycles. The molecule has 0 aliphatic heterocycles. The second-order valence-corrected chi connectivity index (χ2v) is 6.33. The predicted molar refractivity (Wildman–Crippen MR) is 100 cm³/mol. The first-order chi connectivity index (χ1) is 12.2. The Hall–Kier alpha value is -2.53. The topological polar surface area (TPSA) is 45.4 Å². The molecule has 0 spiro atoms. The average Bonchev–Trinajstić information content (AvgIpc) is 2.63. The summed E-state index contributed by atoms with van der Waals surface area (Å²) >= 11 is 3.44. The molecule has 4 nitrogen and oxygen atoms in total. The Morgan fingerprint density at radius 3 is 2.20 bits per heavy atom. The van der Waals surface area contributed by atoms with Crippen LogP contribution in [0.5, 0.6) is 11.6 Å². The van der Waals surface area contributed by atoms with E-state index in [1.807, 2.05) is 49.4 Å². The Bertz CT molecular complexity index is 833. The van der Waals surface area contributed by atoms with Crippen LogP contribution in [0.1, 0.15) is 12.5 Å². The van der Waals surface area contributed by atoms with Crippen molar-refractivity contribution in [3.63, 3.8) is 0 Å². The molecule has 25 heavy (non-hydrogen) atoms. The van der Waals surface area contributed by atoms with Gasteiger partial charge in [0.25, 0.3) is 0 Å². The summed E-state index contributed by atoms with van der Waals surface area (Å²) in [6.45, 7) is 2.55. The van der Waals surface area contributed by atoms with Crippen LogP contribution in [0.2, 0.25) is 0 Å². The highest BCUT2D eigenvalue weighted by molar-refractivity contribution is 9.10. The molecule has 0 aliphatic rings. The van der Waals surface area contributed by atoms with E-state index in [-0.39, 0.29) is 12.5 Å². The maximum atomic E-state index is 11.8. The van der Waals surface area contributed by atoms with E-state index in [1.165, 1.54) is 6.20 Å². The smallest absolute Gasteiger partial charge is 0.386 e. The first-order valence-electron chi connectivity index (χ1n) is 8.00. The SMILES string of the molecule is CCOc1c(COc2ccc(-c3ccc(Br)cc3)cc2)ccc[n+]1[O-]. The van der Waals surface area contributed by atoms with Gasteiger partial charge in [0, 0.05) is 10.5 Å². The van der Waals surface area contributed by atoms with Crippen LogP contribution >= 0.6 is 15.9 Å². The Kier molecular flexibility index (Phi) is 5.56. The Morgan fingerprint density at radius 1 is 0.920 bits per heavy atom. The van der Waals surface area contributed by atoms with Gasteiger partial charge in [-0.2, -0.15) is 0 Å². The number of hydrogen-bond acceptors (Lipinski definition) is 3. The van der Waals surface area contributed by atoms with E-state index in [0.29, 0.717) is 6.61 Å². The first kappa shape index (κ1) is 17.3. The molecule has 0 atom stereocenters. The van der Waals surface area contributed by atoms with E-state index in [4.69, 9.17) is 9.47 Å². The summed E-state index contributed by atoms with van der Waals surface area (Å²) in [4.78, 5) is 0. The van der Waals surface area contributed by atoms with Crippen molar-refractivity contribution in [2.45, 2.75) is 13.5 Å². The van der Waals surface area contributed by atoms with Crippen LogP contribution in [0.4, 0.5) is 0 Å². The molecule has 0 amide bonds. The quantitative estimate of drug-likeness (QED) is 0.444. The lowest BCUT2D eigenvalue weighted by Crippen LogP contribution is -2.30. The fourth-order valence-corrected chi connectivity index (χ4v) is 2.73. The molecule has 0 N–H and O–H groups in total. The van der Waals surface area contributed by atoms with Crippen molar-refractivity contribution in [3.8, 4) is 22.8 Å². The molecular weight excluding hydrogens is 382 g/mol. The van der Waals surface area contributed by atoms with Gasteiger partial charge in [0.05, 0.1) is 6.61 Å². The molecule has 2 aromatic carbocycles. The van der Waals surface area contributed by atoms with Gasteiger partial charge >= 0.3 is 5.88 Å².